The molecule has 2 heteroatoms. The lowest BCUT2D eigenvalue weighted by Gasteiger charge is -2.23. The number of ether oxygens (including phenoxy) is 1. The first-order valence-electron chi connectivity index (χ1n) is 5.31. The second kappa shape index (κ2) is 4.23. The summed E-state index contributed by atoms with van der Waals surface area (Å²) in [6, 6.07) is 5.88. The third-order valence-electron chi connectivity index (χ3n) is 2.16. The first kappa shape index (κ1) is 12.1. The predicted molar refractivity (Wildman–Crippen MR) is 62.2 cm³/mol. The van der Waals surface area contributed by atoms with E-state index in [1.54, 1.807) is 13.8 Å². The average molecular weight is 208 g/mol. The van der Waals surface area contributed by atoms with Crippen LogP contribution in [0, 0.1) is 6.92 Å². The van der Waals surface area contributed by atoms with E-state index in [4.69, 9.17) is 4.74 Å². The average Bonchev–Trinajstić information content (AvgIpc) is 2.05. The van der Waals surface area contributed by atoms with Crippen LogP contribution < -0.4 is 4.74 Å². The van der Waals surface area contributed by atoms with Crippen LogP contribution in [-0.4, -0.2) is 11.2 Å². The molecule has 84 valence electrons. The van der Waals surface area contributed by atoms with Gasteiger partial charge in [0, 0.05) is 5.56 Å². The number of aryl methyl sites for hydroxylation is 1. The van der Waals surface area contributed by atoms with Crippen molar-refractivity contribution in [2.24, 2.45) is 0 Å². The third kappa shape index (κ3) is 3.24. The molecular formula is C13H20O2. The molecule has 0 saturated carbocycles. The van der Waals surface area contributed by atoms with Crippen molar-refractivity contribution < 1.29 is 9.84 Å². The number of hydrogen-bond acceptors (Lipinski definition) is 2. The van der Waals surface area contributed by atoms with Gasteiger partial charge in [0.2, 0.25) is 0 Å². The Balaban J connectivity index is 3.15. The van der Waals surface area contributed by atoms with Gasteiger partial charge in [-0.1, -0.05) is 11.6 Å². The lowest BCUT2D eigenvalue weighted by Crippen LogP contribution is -2.19. The maximum atomic E-state index is 10.0. The van der Waals surface area contributed by atoms with Gasteiger partial charge >= 0.3 is 0 Å². The summed E-state index contributed by atoms with van der Waals surface area (Å²) in [6.45, 7) is 9.51. The molecule has 1 N–H and O–H groups in total. The minimum absolute atomic E-state index is 0.119. The van der Waals surface area contributed by atoms with Gasteiger partial charge < -0.3 is 9.84 Å². The molecule has 0 radical (unpaired) electrons. The molecule has 0 amide bonds. The number of rotatable bonds is 3. The molecule has 0 saturated heterocycles. The van der Waals surface area contributed by atoms with Crippen LogP contribution in [0.15, 0.2) is 18.2 Å². The zero-order valence-corrected chi connectivity index (χ0v) is 10.2. The van der Waals surface area contributed by atoms with E-state index in [1.165, 1.54) is 0 Å². The molecule has 1 aromatic rings. The summed E-state index contributed by atoms with van der Waals surface area (Å²) in [5.74, 6) is 0.767. The van der Waals surface area contributed by atoms with Crippen molar-refractivity contribution in [3.63, 3.8) is 0 Å². The maximum absolute atomic E-state index is 10.0. The fourth-order valence-corrected chi connectivity index (χ4v) is 1.48. The molecule has 0 bridgehead atoms. The van der Waals surface area contributed by atoms with Crippen LogP contribution in [0.1, 0.15) is 38.8 Å². The van der Waals surface area contributed by atoms with Gasteiger partial charge in [0.15, 0.2) is 0 Å². The predicted octanol–water partition coefficient (Wildman–Crippen LogP) is 3.01. The van der Waals surface area contributed by atoms with Gasteiger partial charge in [0.25, 0.3) is 0 Å². The Labute approximate surface area is 91.9 Å². The second-order valence-electron chi connectivity index (χ2n) is 4.73. The molecule has 0 aliphatic rings. The van der Waals surface area contributed by atoms with E-state index in [0.717, 1.165) is 16.9 Å². The van der Waals surface area contributed by atoms with Crippen molar-refractivity contribution in [1.29, 1.82) is 0 Å². The number of benzene rings is 1. The third-order valence-corrected chi connectivity index (χ3v) is 2.16. The van der Waals surface area contributed by atoms with Crippen molar-refractivity contribution in [2.75, 3.05) is 0 Å². The topological polar surface area (TPSA) is 29.5 Å². The summed E-state index contributed by atoms with van der Waals surface area (Å²) in [6.07, 6.45) is 0.119. The fourth-order valence-electron chi connectivity index (χ4n) is 1.48. The SMILES string of the molecule is Cc1ccc(OC(C)C)c(C(C)(C)O)c1. The van der Waals surface area contributed by atoms with Crippen LogP contribution in [0.5, 0.6) is 5.75 Å². The zero-order chi connectivity index (χ0) is 11.6. The van der Waals surface area contributed by atoms with Gasteiger partial charge in [-0.15, -0.1) is 0 Å². The summed E-state index contributed by atoms with van der Waals surface area (Å²) >= 11 is 0. The molecule has 0 aliphatic carbocycles. The van der Waals surface area contributed by atoms with Crippen molar-refractivity contribution in [3.05, 3.63) is 29.3 Å². The van der Waals surface area contributed by atoms with Gasteiger partial charge in [-0.3, -0.25) is 0 Å². The first-order chi connectivity index (χ1) is 6.80. The molecule has 0 atom stereocenters. The quantitative estimate of drug-likeness (QED) is 0.827. The highest BCUT2D eigenvalue weighted by atomic mass is 16.5. The van der Waals surface area contributed by atoms with E-state index < -0.39 is 5.60 Å². The lowest BCUT2D eigenvalue weighted by atomic mass is 9.95. The van der Waals surface area contributed by atoms with Gasteiger partial charge in [-0.25, -0.2) is 0 Å². The summed E-state index contributed by atoms with van der Waals surface area (Å²) in [7, 11) is 0. The molecule has 2 nitrogen and oxygen atoms in total. The van der Waals surface area contributed by atoms with E-state index in [1.807, 2.05) is 39.0 Å². The molecule has 1 rings (SSSR count). The Bertz CT molecular complexity index is 335. The molecule has 0 spiro atoms. The van der Waals surface area contributed by atoms with Crippen molar-refractivity contribution >= 4 is 0 Å². The molecule has 0 aliphatic heterocycles. The molecular weight excluding hydrogens is 188 g/mol. The smallest absolute Gasteiger partial charge is 0.125 e. The normalized spacial score (nSPS) is 11.9. The fraction of sp³-hybridized carbons (Fsp3) is 0.538. The molecule has 0 aromatic heterocycles. The standard InChI is InChI=1S/C13H20O2/c1-9(2)15-12-7-6-10(3)8-11(12)13(4,5)14/h6-9,14H,1-5H3. The van der Waals surface area contributed by atoms with E-state index in [9.17, 15) is 5.11 Å². The van der Waals surface area contributed by atoms with E-state index in [-0.39, 0.29) is 6.10 Å². The molecule has 0 fully saturated rings. The van der Waals surface area contributed by atoms with Crippen molar-refractivity contribution in [3.8, 4) is 5.75 Å². The van der Waals surface area contributed by atoms with Gasteiger partial charge in [-0.05, 0) is 46.8 Å². The maximum Gasteiger partial charge on any atom is 0.125 e. The first-order valence-corrected chi connectivity index (χ1v) is 5.31. The summed E-state index contributed by atoms with van der Waals surface area (Å²) in [4.78, 5) is 0. The Morgan fingerprint density at radius 1 is 1.27 bits per heavy atom. The van der Waals surface area contributed by atoms with Crippen LogP contribution in [0.25, 0.3) is 0 Å². The Hall–Kier alpha value is -1.02. The Morgan fingerprint density at radius 3 is 2.33 bits per heavy atom. The minimum atomic E-state index is -0.865. The van der Waals surface area contributed by atoms with Crippen LogP contribution in [0.3, 0.4) is 0 Å². The highest BCUT2D eigenvalue weighted by Gasteiger charge is 2.21. The second-order valence-corrected chi connectivity index (χ2v) is 4.73. The van der Waals surface area contributed by atoms with E-state index in [2.05, 4.69) is 0 Å². The number of aliphatic hydroxyl groups is 1. The molecule has 15 heavy (non-hydrogen) atoms. The number of hydrogen-bond donors (Lipinski definition) is 1. The highest BCUT2D eigenvalue weighted by Crippen LogP contribution is 2.31. The van der Waals surface area contributed by atoms with E-state index in [0.29, 0.717) is 0 Å². The minimum Gasteiger partial charge on any atom is -0.491 e. The van der Waals surface area contributed by atoms with Gasteiger partial charge in [-0.2, -0.15) is 0 Å². The largest absolute Gasteiger partial charge is 0.491 e. The molecule has 1 aromatic carbocycles. The van der Waals surface area contributed by atoms with Crippen LogP contribution in [-0.2, 0) is 5.60 Å². The summed E-state index contributed by atoms with van der Waals surface area (Å²) in [5.41, 5.74) is 1.11. The van der Waals surface area contributed by atoms with Crippen LogP contribution in [0.4, 0.5) is 0 Å². The Morgan fingerprint density at radius 2 is 1.87 bits per heavy atom. The summed E-state index contributed by atoms with van der Waals surface area (Å²) in [5, 5.41) is 10.0. The van der Waals surface area contributed by atoms with Crippen molar-refractivity contribution in [2.45, 2.75) is 46.3 Å². The van der Waals surface area contributed by atoms with Crippen molar-refractivity contribution in [1.82, 2.24) is 0 Å². The highest BCUT2D eigenvalue weighted by molar-refractivity contribution is 5.40. The van der Waals surface area contributed by atoms with Crippen LogP contribution >= 0.6 is 0 Å². The zero-order valence-electron chi connectivity index (χ0n) is 10.2. The van der Waals surface area contributed by atoms with Gasteiger partial charge in [0.05, 0.1) is 11.7 Å². The van der Waals surface area contributed by atoms with Crippen LogP contribution in [0.2, 0.25) is 0 Å². The monoisotopic (exact) mass is 208 g/mol. The van der Waals surface area contributed by atoms with Gasteiger partial charge in [0.1, 0.15) is 5.75 Å². The summed E-state index contributed by atoms with van der Waals surface area (Å²) < 4.78 is 5.67. The molecule has 0 heterocycles. The lowest BCUT2D eigenvalue weighted by molar-refractivity contribution is 0.0731. The molecule has 0 unspecified atom stereocenters. The Kier molecular flexibility index (Phi) is 3.40. The van der Waals surface area contributed by atoms with E-state index >= 15 is 0 Å².